The van der Waals surface area contributed by atoms with Crippen LogP contribution in [-0.4, -0.2) is 27.0 Å². The van der Waals surface area contributed by atoms with Gasteiger partial charge >= 0.3 is 0 Å². The number of hydrogen-bond donors (Lipinski definition) is 1. The number of rotatable bonds is 3. The SMILES string of the molecule is CCCNC(=O)c1cc(C)nc2c1nc1n2CCCCC1. The van der Waals surface area contributed by atoms with Crippen LogP contribution in [0.25, 0.3) is 11.2 Å². The Kier molecular flexibility index (Phi) is 3.90. The Morgan fingerprint density at radius 1 is 1.33 bits per heavy atom. The predicted octanol–water partition coefficient (Wildman–Crippen LogP) is 2.61. The molecule has 5 heteroatoms. The number of hydrogen-bond acceptors (Lipinski definition) is 3. The van der Waals surface area contributed by atoms with Crippen molar-refractivity contribution in [2.75, 3.05) is 6.54 Å². The molecule has 0 bridgehead atoms. The van der Waals surface area contributed by atoms with Gasteiger partial charge in [0.25, 0.3) is 5.91 Å². The van der Waals surface area contributed by atoms with Crippen molar-refractivity contribution in [1.82, 2.24) is 19.9 Å². The Hall–Kier alpha value is -1.91. The lowest BCUT2D eigenvalue weighted by Gasteiger charge is -2.07. The maximum atomic E-state index is 12.4. The zero-order chi connectivity index (χ0) is 14.8. The highest BCUT2D eigenvalue weighted by atomic mass is 16.1. The van der Waals surface area contributed by atoms with Gasteiger partial charge in [-0.25, -0.2) is 9.97 Å². The first-order chi connectivity index (χ1) is 10.2. The molecular formula is C16H22N4O. The predicted molar refractivity (Wildman–Crippen MR) is 82.4 cm³/mol. The number of aryl methyl sites for hydroxylation is 3. The maximum Gasteiger partial charge on any atom is 0.253 e. The zero-order valence-electron chi connectivity index (χ0n) is 12.8. The van der Waals surface area contributed by atoms with Gasteiger partial charge in [-0.3, -0.25) is 4.79 Å². The molecule has 1 N–H and O–H groups in total. The van der Waals surface area contributed by atoms with E-state index in [1.807, 2.05) is 19.9 Å². The largest absolute Gasteiger partial charge is 0.352 e. The van der Waals surface area contributed by atoms with E-state index in [0.29, 0.717) is 12.1 Å². The van der Waals surface area contributed by atoms with Crippen molar-refractivity contribution in [2.24, 2.45) is 0 Å². The third kappa shape index (κ3) is 2.64. The van der Waals surface area contributed by atoms with Gasteiger partial charge in [0.1, 0.15) is 11.3 Å². The Morgan fingerprint density at radius 3 is 3.00 bits per heavy atom. The van der Waals surface area contributed by atoms with E-state index < -0.39 is 0 Å². The average Bonchev–Trinajstić information content (AvgIpc) is 2.67. The molecule has 0 aromatic carbocycles. The molecule has 5 nitrogen and oxygen atoms in total. The number of imidazole rings is 1. The van der Waals surface area contributed by atoms with Gasteiger partial charge in [-0.1, -0.05) is 13.3 Å². The van der Waals surface area contributed by atoms with Crippen LogP contribution in [0.3, 0.4) is 0 Å². The van der Waals surface area contributed by atoms with Crippen LogP contribution in [0.2, 0.25) is 0 Å². The molecule has 0 fully saturated rings. The third-order valence-electron chi connectivity index (χ3n) is 3.97. The molecule has 1 aliphatic rings. The second kappa shape index (κ2) is 5.84. The van der Waals surface area contributed by atoms with Crippen molar-refractivity contribution in [3.05, 3.63) is 23.1 Å². The molecule has 2 aromatic heterocycles. The molecule has 1 amide bonds. The normalized spacial score (nSPS) is 14.8. The molecule has 0 spiro atoms. The van der Waals surface area contributed by atoms with E-state index in [2.05, 4.69) is 14.9 Å². The summed E-state index contributed by atoms with van der Waals surface area (Å²) in [5.41, 5.74) is 3.15. The van der Waals surface area contributed by atoms with Crippen LogP contribution in [0, 0.1) is 6.92 Å². The van der Waals surface area contributed by atoms with Crippen molar-refractivity contribution in [2.45, 2.75) is 52.5 Å². The lowest BCUT2D eigenvalue weighted by atomic mass is 10.2. The van der Waals surface area contributed by atoms with Crippen LogP contribution in [0.1, 0.15) is 54.5 Å². The van der Waals surface area contributed by atoms with E-state index in [4.69, 9.17) is 4.98 Å². The minimum absolute atomic E-state index is 0.0411. The number of fused-ring (bicyclic) bond motifs is 3. The highest BCUT2D eigenvalue weighted by molar-refractivity contribution is 6.04. The van der Waals surface area contributed by atoms with Gasteiger partial charge in [0.2, 0.25) is 0 Å². The molecular weight excluding hydrogens is 264 g/mol. The maximum absolute atomic E-state index is 12.4. The first kappa shape index (κ1) is 14.0. The summed E-state index contributed by atoms with van der Waals surface area (Å²) in [5, 5.41) is 2.94. The number of aromatic nitrogens is 3. The number of carbonyl (C=O) groups is 1. The van der Waals surface area contributed by atoms with E-state index in [1.165, 1.54) is 12.8 Å². The molecule has 112 valence electrons. The number of amides is 1. The highest BCUT2D eigenvalue weighted by Crippen LogP contribution is 2.23. The van der Waals surface area contributed by atoms with Crippen LogP contribution in [0.15, 0.2) is 6.07 Å². The summed E-state index contributed by atoms with van der Waals surface area (Å²) in [5.74, 6) is 1.03. The van der Waals surface area contributed by atoms with Gasteiger partial charge in [0.05, 0.1) is 5.56 Å². The molecule has 0 unspecified atom stereocenters. The van der Waals surface area contributed by atoms with Gasteiger partial charge in [-0.05, 0) is 32.3 Å². The fraction of sp³-hybridized carbons (Fsp3) is 0.562. The number of nitrogens with one attached hydrogen (secondary N) is 1. The van der Waals surface area contributed by atoms with Gasteiger partial charge in [0, 0.05) is 25.2 Å². The van der Waals surface area contributed by atoms with Crippen molar-refractivity contribution in [1.29, 1.82) is 0 Å². The molecule has 21 heavy (non-hydrogen) atoms. The van der Waals surface area contributed by atoms with E-state index in [-0.39, 0.29) is 5.91 Å². The molecule has 0 radical (unpaired) electrons. The smallest absolute Gasteiger partial charge is 0.253 e. The molecule has 3 heterocycles. The van der Waals surface area contributed by atoms with Gasteiger partial charge in [-0.15, -0.1) is 0 Å². The fourth-order valence-electron chi connectivity index (χ4n) is 2.92. The van der Waals surface area contributed by atoms with Crippen molar-refractivity contribution >= 4 is 17.1 Å². The zero-order valence-corrected chi connectivity index (χ0v) is 12.8. The van der Waals surface area contributed by atoms with E-state index in [1.54, 1.807) is 0 Å². The monoisotopic (exact) mass is 286 g/mol. The van der Waals surface area contributed by atoms with Crippen LogP contribution >= 0.6 is 0 Å². The number of carbonyl (C=O) groups excluding carboxylic acids is 1. The summed E-state index contributed by atoms with van der Waals surface area (Å²) in [6, 6.07) is 1.85. The van der Waals surface area contributed by atoms with Gasteiger partial charge < -0.3 is 9.88 Å². The van der Waals surface area contributed by atoms with Crippen LogP contribution in [0.5, 0.6) is 0 Å². The lowest BCUT2D eigenvalue weighted by Crippen LogP contribution is -2.24. The Bertz CT molecular complexity index is 674. The van der Waals surface area contributed by atoms with Crippen molar-refractivity contribution < 1.29 is 4.79 Å². The minimum atomic E-state index is -0.0411. The average molecular weight is 286 g/mol. The summed E-state index contributed by atoms with van der Waals surface area (Å²) in [7, 11) is 0. The first-order valence-corrected chi connectivity index (χ1v) is 7.85. The Morgan fingerprint density at radius 2 is 2.19 bits per heavy atom. The van der Waals surface area contributed by atoms with Crippen LogP contribution in [-0.2, 0) is 13.0 Å². The number of pyridine rings is 1. The van der Waals surface area contributed by atoms with E-state index in [9.17, 15) is 4.79 Å². The summed E-state index contributed by atoms with van der Waals surface area (Å²) < 4.78 is 2.20. The second-order valence-corrected chi connectivity index (χ2v) is 5.73. The van der Waals surface area contributed by atoms with Crippen molar-refractivity contribution in [3.63, 3.8) is 0 Å². The van der Waals surface area contributed by atoms with E-state index in [0.717, 1.165) is 48.5 Å². The topological polar surface area (TPSA) is 59.8 Å². The molecule has 0 atom stereocenters. The van der Waals surface area contributed by atoms with Crippen LogP contribution in [0.4, 0.5) is 0 Å². The third-order valence-corrected chi connectivity index (χ3v) is 3.97. The quantitative estimate of drug-likeness (QED) is 0.943. The lowest BCUT2D eigenvalue weighted by molar-refractivity contribution is 0.0955. The fourth-order valence-corrected chi connectivity index (χ4v) is 2.92. The Labute approximate surface area is 124 Å². The molecule has 0 saturated carbocycles. The van der Waals surface area contributed by atoms with Gasteiger partial charge in [0.15, 0.2) is 5.65 Å². The first-order valence-electron chi connectivity index (χ1n) is 7.85. The molecule has 0 aliphatic carbocycles. The Balaban J connectivity index is 2.10. The summed E-state index contributed by atoms with van der Waals surface area (Å²) in [4.78, 5) is 21.7. The summed E-state index contributed by atoms with van der Waals surface area (Å²) in [6.07, 6.45) is 5.47. The standard InChI is InChI=1S/C16H22N4O/c1-3-8-17-16(21)12-10-11(2)18-15-14(12)19-13-7-5-4-6-9-20(13)15/h10H,3-9H2,1-2H3,(H,17,21). The molecule has 1 aliphatic heterocycles. The van der Waals surface area contributed by atoms with E-state index >= 15 is 0 Å². The molecule has 2 aromatic rings. The summed E-state index contributed by atoms with van der Waals surface area (Å²) in [6.45, 7) is 5.63. The minimum Gasteiger partial charge on any atom is -0.352 e. The second-order valence-electron chi connectivity index (χ2n) is 5.73. The highest BCUT2D eigenvalue weighted by Gasteiger charge is 2.20. The molecule has 0 saturated heterocycles. The van der Waals surface area contributed by atoms with Gasteiger partial charge in [-0.2, -0.15) is 0 Å². The van der Waals surface area contributed by atoms with Crippen LogP contribution < -0.4 is 5.32 Å². The molecule has 3 rings (SSSR count). The number of nitrogens with zero attached hydrogens (tertiary/aromatic N) is 3. The summed E-state index contributed by atoms with van der Waals surface area (Å²) >= 11 is 0. The van der Waals surface area contributed by atoms with Crippen molar-refractivity contribution in [3.8, 4) is 0 Å².